The van der Waals surface area contributed by atoms with Gasteiger partial charge in [-0.05, 0) is 17.7 Å². The fourth-order valence-corrected chi connectivity index (χ4v) is 2.50. The number of methoxy groups -OCH3 is 2. The third kappa shape index (κ3) is 3.37. The summed E-state index contributed by atoms with van der Waals surface area (Å²) in [5.74, 6) is 2.13. The monoisotopic (exact) mass is 309 g/mol. The first-order chi connectivity index (χ1) is 11.3. The maximum Gasteiger partial charge on any atom is 0.162 e. The molecule has 0 N–H and O–H groups in total. The summed E-state index contributed by atoms with van der Waals surface area (Å²) in [5.41, 5.74) is 2.07. The van der Waals surface area contributed by atoms with E-state index in [4.69, 9.17) is 14.2 Å². The number of benzene rings is 2. The molecular formula is C19H19NO3. The summed E-state index contributed by atoms with van der Waals surface area (Å²) in [6, 6.07) is 15.9. The second kappa shape index (κ2) is 7.01. The molecule has 0 aliphatic heterocycles. The van der Waals surface area contributed by atoms with E-state index in [0.717, 1.165) is 23.1 Å². The molecule has 23 heavy (non-hydrogen) atoms. The van der Waals surface area contributed by atoms with Gasteiger partial charge in [-0.2, -0.15) is 0 Å². The lowest BCUT2D eigenvalue weighted by molar-refractivity contribution is 0.325. The molecule has 0 fully saturated rings. The van der Waals surface area contributed by atoms with Crippen molar-refractivity contribution in [3.63, 3.8) is 0 Å². The molecular weight excluding hydrogens is 290 g/mol. The molecule has 0 saturated carbocycles. The van der Waals surface area contributed by atoms with Gasteiger partial charge in [-0.3, -0.25) is 4.98 Å². The topological polar surface area (TPSA) is 40.6 Å². The highest BCUT2D eigenvalue weighted by atomic mass is 16.5. The lowest BCUT2D eigenvalue weighted by Gasteiger charge is -2.12. The lowest BCUT2D eigenvalue weighted by Crippen LogP contribution is -2.02. The van der Waals surface area contributed by atoms with Crippen molar-refractivity contribution in [2.45, 2.75) is 6.42 Å². The van der Waals surface area contributed by atoms with Gasteiger partial charge in [0, 0.05) is 24.1 Å². The Bertz CT molecular complexity index is 787. The summed E-state index contributed by atoms with van der Waals surface area (Å²) in [6.07, 6.45) is 2.60. The standard InChI is InChI=1S/C19H19NO3/c1-21-18-12-15-16(13-19(18)22-2)20-10-8-17(15)23-11-9-14-6-4-3-5-7-14/h3-8,10,12-13H,9,11H2,1-2H3. The molecule has 0 spiro atoms. The third-order valence-corrected chi connectivity index (χ3v) is 3.70. The molecule has 3 rings (SSSR count). The zero-order chi connectivity index (χ0) is 16.1. The summed E-state index contributed by atoms with van der Waals surface area (Å²) in [7, 11) is 3.24. The van der Waals surface area contributed by atoms with Gasteiger partial charge in [-0.1, -0.05) is 30.3 Å². The van der Waals surface area contributed by atoms with Crippen LogP contribution in [-0.4, -0.2) is 25.8 Å². The number of hydrogen-bond donors (Lipinski definition) is 0. The highest BCUT2D eigenvalue weighted by Crippen LogP contribution is 2.35. The van der Waals surface area contributed by atoms with E-state index in [0.29, 0.717) is 18.1 Å². The first-order valence-electron chi connectivity index (χ1n) is 7.49. The molecule has 1 aromatic heterocycles. The van der Waals surface area contributed by atoms with E-state index in [1.165, 1.54) is 5.56 Å². The molecule has 0 atom stereocenters. The molecule has 3 aromatic rings. The summed E-state index contributed by atoms with van der Waals surface area (Å²) in [6.45, 7) is 0.609. The SMILES string of the molecule is COc1cc2nccc(OCCc3ccccc3)c2cc1OC. The van der Waals surface area contributed by atoms with Crippen molar-refractivity contribution < 1.29 is 14.2 Å². The Kier molecular flexibility index (Phi) is 4.62. The van der Waals surface area contributed by atoms with Crippen molar-refractivity contribution in [3.05, 3.63) is 60.3 Å². The minimum absolute atomic E-state index is 0.609. The van der Waals surface area contributed by atoms with Crippen molar-refractivity contribution in [2.75, 3.05) is 20.8 Å². The van der Waals surface area contributed by atoms with E-state index in [9.17, 15) is 0 Å². The van der Waals surface area contributed by atoms with Gasteiger partial charge in [-0.25, -0.2) is 0 Å². The van der Waals surface area contributed by atoms with Gasteiger partial charge in [0.15, 0.2) is 11.5 Å². The molecule has 4 heteroatoms. The zero-order valence-corrected chi connectivity index (χ0v) is 13.3. The second-order valence-corrected chi connectivity index (χ2v) is 5.12. The van der Waals surface area contributed by atoms with Crippen molar-refractivity contribution in [1.82, 2.24) is 4.98 Å². The molecule has 0 radical (unpaired) electrons. The highest BCUT2D eigenvalue weighted by Gasteiger charge is 2.10. The number of ether oxygens (including phenoxy) is 3. The van der Waals surface area contributed by atoms with Crippen molar-refractivity contribution >= 4 is 10.9 Å². The van der Waals surface area contributed by atoms with Crippen LogP contribution in [0.4, 0.5) is 0 Å². The Morgan fingerprint density at radius 1 is 0.870 bits per heavy atom. The van der Waals surface area contributed by atoms with Crippen LogP contribution in [0.2, 0.25) is 0 Å². The second-order valence-electron chi connectivity index (χ2n) is 5.12. The molecule has 0 bridgehead atoms. The van der Waals surface area contributed by atoms with Crippen LogP contribution in [0.15, 0.2) is 54.7 Å². The maximum absolute atomic E-state index is 5.96. The molecule has 2 aromatic carbocycles. The minimum atomic E-state index is 0.609. The number of fused-ring (bicyclic) bond motifs is 1. The molecule has 0 aliphatic carbocycles. The van der Waals surface area contributed by atoms with Crippen LogP contribution in [-0.2, 0) is 6.42 Å². The Balaban J connectivity index is 1.83. The Hall–Kier alpha value is -2.75. The van der Waals surface area contributed by atoms with Gasteiger partial charge < -0.3 is 14.2 Å². The third-order valence-electron chi connectivity index (χ3n) is 3.70. The number of rotatable bonds is 6. The average Bonchev–Trinajstić information content (AvgIpc) is 2.61. The largest absolute Gasteiger partial charge is 0.493 e. The average molecular weight is 309 g/mol. The first kappa shape index (κ1) is 15.2. The van der Waals surface area contributed by atoms with Gasteiger partial charge in [0.05, 0.1) is 26.3 Å². The van der Waals surface area contributed by atoms with E-state index in [2.05, 4.69) is 17.1 Å². The number of pyridine rings is 1. The molecule has 4 nitrogen and oxygen atoms in total. The van der Waals surface area contributed by atoms with E-state index >= 15 is 0 Å². The van der Waals surface area contributed by atoms with Crippen molar-refractivity contribution in [1.29, 1.82) is 0 Å². The summed E-state index contributed by atoms with van der Waals surface area (Å²) in [4.78, 5) is 4.38. The smallest absolute Gasteiger partial charge is 0.162 e. The van der Waals surface area contributed by atoms with E-state index < -0.39 is 0 Å². The number of nitrogens with zero attached hydrogens (tertiary/aromatic N) is 1. The summed E-state index contributed by atoms with van der Waals surface area (Å²) < 4.78 is 16.6. The predicted molar refractivity (Wildman–Crippen MR) is 90.5 cm³/mol. The van der Waals surface area contributed by atoms with Gasteiger partial charge in [0.25, 0.3) is 0 Å². The quantitative estimate of drug-likeness (QED) is 0.693. The minimum Gasteiger partial charge on any atom is -0.493 e. The number of aromatic nitrogens is 1. The molecule has 0 amide bonds. The van der Waals surface area contributed by atoms with Crippen LogP contribution in [0.25, 0.3) is 10.9 Å². The molecule has 0 unspecified atom stereocenters. The van der Waals surface area contributed by atoms with Crippen LogP contribution < -0.4 is 14.2 Å². The van der Waals surface area contributed by atoms with E-state index in [1.54, 1.807) is 20.4 Å². The maximum atomic E-state index is 5.96. The van der Waals surface area contributed by atoms with Gasteiger partial charge in [-0.15, -0.1) is 0 Å². The number of hydrogen-bond acceptors (Lipinski definition) is 4. The van der Waals surface area contributed by atoms with Crippen LogP contribution in [0, 0.1) is 0 Å². The molecule has 0 saturated heterocycles. The fraction of sp³-hybridized carbons (Fsp3) is 0.211. The first-order valence-corrected chi connectivity index (χ1v) is 7.49. The fourth-order valence-electron chi connectivity index (χ4n) is 2.50. The lowest BCUT2D eigenvalue weighted by atomic mass is 10.1. The normalized spacial score (nSPS) is 10.5. The van der Waals surface area contributed by atoms with Crippen LogP contribution in [0.5, 0.6) is 17.2 Å². The van der Waals surface area contributed by atoms with Crippen molar-refractivity contribution in [2.24, 2.45) is 0 Å². The molecule has 0 aliphatic rings. The van der Waals surface area contributed by atoms with Crippen molar-refractivity contribution in [3.8, 4) is 17.2 Å². The van der Waals surface area contributed by atoms with Gasteiger partial charge in [0.1, 0.15) is 5.75 Å². The molecule has 1 heterocycles. The van der Waals surface area contributed by atoms with Crippen LogP contribution in [0.1, 0.15) is 5.56 Å². The van der Waals surface area contributed by atoms with E-state index in [-0.39, 0.29) is 0 Å². The van der Waals surface area contributed by atoms with Crippen LogP contribution >= 0.6 is 0 Å². The van der Waals surface area contributed by atoms with Crippen LogP contribution in [0.3, 0.4) is 0 Å². The summed E-state index contributed by atoms with van der Waals surface area (Å²) in [5, 5.41) is 0.915. The Morgan fingerprint density at radius 3 is 2.35 bits per heavy atom. The zero-order valence-electron chi connectivity index (χ0n) is 13.3. The Morgan fingerprint density at radius 2 is 1.61 bits per heavy atom. The molecule has 118 valence electrons. The summed E-state index contributed by atoms with van der Waals surface area (Å²) >= 11 is 0. The van der Waals surface area contributed by atoms with Gasteiger partial charge >= 0.3 is 0 Å². The van der Waals surface area contributed by atoms with Gasteiger partial charge in [0.2, 0.25) is 0 Å². The Labute approximate surface area is 135 Å². The van der Waals surface area contributed by atoms with E-state index in [1.807, 2.05) is 36.4 Å². The predicted octanol–water partition coefficient (Wildman–Crippen LogP) is 3.87. The highest BCUT2D eigenvalue weighted by molar-refractivity contribution is 5.88.